The Morgan fingerprint density at radius 3 is 2.56 bits per heavy atom. The highest BCUT2D eigenvalue weighted by molar-refractivity contribution is 5.95. The lowest BCUT2D eigenvalue weighted by atomic mass is 9.97. The molecule has 5 heteroatoms. The van der Waals surface area contributed by atoms with Crippen LogP contribution in [0.5, 0.6) is 0 Å². The molecule has 1 heterocycles. The molecule has 1 N–H and O–H groups in total. The Hall–Kier alpha value is -2.27. The summed E-state index contributed by atoms with van der Waals surface area (Å²) >= 11 is 0. The van der Waals surface area contributed by atoms with Crippen LogP contribution in [-0.4, -0.2) is 37.5 Å². The molecular weight excluding hydrogens is 322 g/mol. The van der Waals surface area contributed by atoms with Gasteiger partial charge in [0.2, 0.25) is 0 Å². The van der Waals surface area contributed by atoms with Crippen molar-refractivity contribution in [2.75, 3.05) is 26.7 Å². The summed E-state index contributed by atoms with van der Waals surface area (Å²) in [5.74, 6) is -0.729. The molecule has 1 fully saturated rings. The zero-order chi connectivity index (χ0) is 17.8. The quantitative estimate of drug-likeness (QED) is 0.917. The molecule has 1 aliphatic heterocycles. The normalized spacial score (nSPS) is 17.6. The van der Waals surface area contributed by atoms with E-state index in [1.165, 1.54) is 24.3 Å². The molecular formula is C20H22F2N2O. The van der Waals surface area contributed by atoms with Crippen LogP contribution >= 0.6 is 0 Å². The van der Waals surface area contributed by atoms with Crippen LogP contribution in [0.2, 0.25) is 0 Å². The van der Waals surface area contributed by atoms with E-state index in [2.05, 4.69) is 5.32 Å². The number of nitrogens with one attached hydrogen (secondary N) is 1. The van der Waals surface area contributed by atoms with Gasteiger partial charge >= 0.3 is 0 Å². The van der Waals surface area contributed by atoms with Crippen molar-refractivity contribution in [2.24, 2.45) is 5.92 Å². The second kappa shape index (κ2) is 7.74. The molecule has 2 aromatic rings. The van der Waals surface area contributed by atoms with Gasteiger partial charge in [-0.3, -0.25) is 4.79 Å². The summed E-state index contributed by atoms with van der Waals surface area (Å²) in [7, 11) is 1.90. The van der Waals surface area contributed by atoms with Gasteiger partial charge in [0.15, 0.2) is 0 Å². The van der Waals surface area contributed by atoms with Crippen molar-refractivity contribution in [1.82, 2.24) is 10.2 Å². The van der Waals surface area contributed by atoms with Crippen molar-refractivity contribution in [2.45, 2.75) is 12.8 Å². The first-order valence-corrected chi connectivity index (χ1v) is 8.58. The van der Waals surface area contributed by atoms with Gasteiger partial charge in [0.1, 0.15) is 11.6 Å². The van der Waals surface area contributed by atoms with Crippen LogP contribution in [-0.2, 0) is 0 Å². The third kappa shape index (κ3) is 4.04. The fraction of sp³-hybridized carbons (Fsp3) is 0.350. The van der Waals surface area contributed by atoms with E-state index in [0.717, 1.165) is 19.4 Å². The summed E-state index contributed by atoms with van der Waals surface area (Å²) < 4.78 is 27.5. The molecule has 132 valence electrons. The number of halogens is 2. The number of hydrogen-bond acceptors (Lipinski definition) is 2. The standard InChI is InChI=1S/C20H22F2N2O/c1-23-12-14-3-2-10-24(13-14)20(25)18-9-6-16(11-19(18)22)15-4-7-17(21)8-5-15/h4-9,11,14,23H,2-3,10,12-13H2,1H3/t14-/m1/s1. The molecule has 0 bridgehead atoms. The Labute approximate surface area is 146 Å². The molecule has 0 radical (unpaired) electrons. The maximum Gasteiger partial charge on any atom is 0.256 e. The van der Waals surface area contributed by atoms with Gasteiger partial charge in [0, 0.05) is 13.1 Å². The number of likely N-dealkylation sites (tertiary alicyclic amines) is 1. The molecule has 2 aromatic carbocycles. The zero-order valence-corrected chi connectivity index (χ0v) is 14.3. The van der Waals surface area contributed by atoms with Crippen LogP contribution in [0.4, 0.5) is 8.78 Å². The van der Waals surface area contributed by atoms with Gasteiger partial charge < -0.3 is 10.2 Å². The van der Waals surface area contributed by atoms with Gasteiger partial charge in [0.05, 0.1) is 5.56 Å². The molecule has 1 aliphatic rings. The summed E-state index contributed by atoms with van der Waals surface area (Å²) in [5.41, 5.74) is 1.43. The highest BCUT2D eigenvalue weighted by Crippen LogP contribution is 2.24. The average Bonchev–Trinajstić information content (AvgIpc) is 2.62. The second-order valence-electron chi connectivity index (χ2n) is 6.52. The van der Waals surface area contributed by atoms with Crippen molar-refractivity contribution in [3.05, 3.63) is 59.7 Å². The lowest BCUT2D eigenvalue weighted by molar-refractivity contribution is 0.0669. The van der Waals surface area contributed by atoms with Gasteiger partial charge in [0.25, 0.3) is 5.91 Å². The first-order chi connectivity index (χ1) is 12.1. The van der Waals surface area contributed by atoms with E-state index in [4.69, 9.17) is 0 Å². The van der Waals surface area contributed by atoms with Crippen LogP contribution in [0.15, 0.2) is 42.5 Å². The van der Waals surface area contributed by atoms with Crippen LogP contribution < -0.4 is 5.32 Å². The molecule has 0 unspecified atom stereocenters. The number of amides is 1. The summed E-state index contributed by atoms with van der Waals surface area (Å²) in [6.45, 7) is 2.17. The van der Waals surface area contributed by atoms with Gasteiger partial charge in [-0.1, -0.05) is 18.2 Å². The summed E-state index contributed by atoms with van der Waals surface area (Å²) in [5, 5.41) is 3.14. The van der Waals surface area contributed by atoms with E-state index in [9.17, 15) is 13.6 Å². The minimum absolute atomic E-state index is 0.0935. The molecule has 0 aromatic heterocycles. The Balaban J connectivity index is 1.78. The number of carbonyl (C=O) groups excluding carboxylic acids is 1. The molecule has 0 saturated carbocycles. The molecule has 25 heavy (non-hydrogen) atoms. The average molecular weight is 344 g/mol. The summed E-state index contributed by atoms with van der Waals surface area (Å²) in [4.78, 5) is 14.4. The number of hydrogen-bond donors (Lipinski definition) is 1. The van der Waals surface area contributed by atoms with Crippen molar-refractivity contribution in [3.63, 3.8) is 0 Å². The summed E-state index contributed by atoms with van der Waals surface area (Å²) in [6.07, 6.45) is 2.02. The Morgan fingerprint density at radius 1 is 1.16 bits per heavy atom. The van der Waals surface area contributed by atoms with E-state index in [0.29, 0.717) is 30.1 Å². The number of benzene rings is 2. The number of nitrogens with zero attached hydrogens (tertiary/aromatic N) is 1. The summed E-state index contributed by atoms with van der Waals surface area (Å²) in [6, 6.07) is 10.4. The monoisotopic (exact) mass is 344 g/mol. The van der Waals surface area contributed by atoms with Gasteiger partial charge in [-0.2, -0.15) is 0 Å². The van der Waals surface area contributed by atoms with Crippen LogP contribution in [0.25, 0.3) is 11.1 Å². The lowest BCUT2D eigenvalue weighted by Gasteiger charge is -2.32. The Bertz CT molecular complexity index is 744. The maximum atomic E-state index is 14.5. The van der Waals surface area contributed by atoms with Crippen LogP contribution in [0, 0.1) is 17.6 Å². The van der Waals surface area contributed by atoms with Crippen LogP contribution in [0.3, 0.4) is 0 Å². The number of carbonyl (C=O) groups is 1. The lowest BCUT2D eigenvalue weighted by Crippen LogP contribution is -2.42. The van der Waals surface area contributed by atoms with Crippen molar-refractivity contribution in [3.8, 4) is 11.1 Å². The third-order valence-corrected chi connectivity index (χ3v) is 4.68. The first kappa shape index (κ1) is 17.5. The number of piperidine rings is 1. The fourth-order valence-electron chi connectivity index (χ4n) is 3.39. The molecule has 3 nitrogen and oxygen atoms in total. The van der Waals surface area contributed by atoms with E-state index >= 15 is 0 Å². The van der Waals surface area contributed by atoms with Crippen LogP contribution in [0.1, 0.15) is 23.2 Å². The number of rotatable bonds is 4. The van der Waals surface area contributed by atoms with Gasteiger partial charge in [-0.15, -0.1) is 0 Å². The van der Waals surface area contributed by atoms with E-state index in [-0.39, 0.29) is 17.3 Å². The topological polar surface area (TPSA) is 32.3 Å². The van der Waals surface area contributed by atoms with Crippen molar-refractivity contribution < 1.29 is 13.6 Å². The predicted molar refractivity (Wildman–Crippen MR) is 94.3 cm³/mol. The zero-order valence-electron chi connectivity index (χ0n) is 14.3. The molecule has 1 atom stereocenters. The minimum atomic E-state index is -0.539. The largest absolute Gasteiger partial charge is 0.338 e. The predicted octanol–water partition coefficient (Wildman–Crippen LogP) is 3.70. The molecule has 1 saturated heterocycles. The molecule has 3 rings (SSSR count). The molecule has 1 amide bonds. The molecule has 0 aliphatic carbocycles. The minimum Gasteiger partial charge on any atom is -0.338 e. The first-order valence-electron chi connectivity index (χ1n) is 8.58. The highest BCUT2D eigenvalue weighted by Gasteiger charge is 2.25. The Kier molecular flexibility index (Phi) is 5.43. The maximum absolute atomic E-state index is 14.5. The van der Waals surface area contributed by atoms with Gasteiger partial charge in [-0.05, 0) is 67.7 Å². The SMILES string of the molecule is CNC[C@H]1CCCN(C(=O)c2ccc(-c3ccc(F)cc3)cc2F)C1. The van der Waals surface area contributed by atoms with E-state index < -0.39 is 5.82 Å². The van der Waals surface area contributed by atoms with Gasteiger partial charge in [-0.25, -0.2) is 8.78 Å². The molecule has 0 spiro atoms. The van der Waals surface area contributed by atoms with E-state index in [1.807, 2.05) is 7.05 Å². The smallest absolute Gasteiger partial charge is 0.256 e. The fourth-order valence-corrected chi connectivity index (χ4v) is 3.39. The van der Waals surface area contributed by atoms with Crippen molar-refractivity contribution >= 4 is 5.91 Å². The highest BCUT2D eigenvalue weighted by atomic mass is 19.1. The second-order valence-corrected chi connectivity index (χ2v) is 6.52. The van der Waals surface area contributed by atoms with Crippen molar-refractivity contribution in [1.29, 1.82) is 0 Å². The Morgan fingerprint density at radius 2 is 1.88 bits per heavy atom. The van der Waals surface area contributed by atoms with E-state index in [1.54, 1.807) is 23.1 Å². The third-order valence-electron chi connectivity index (χ3n) is 4.68.